The van der Waals surface area contributed by atoms with Crippen molar-refractivity contribution in [2.45, 2.75) is 96.7 Å². The standard InChI is InChI=1S/C26H40O2/c1-2-3-4-9-22-13-15-23(16-14-22)10-5-6-11-24-17-19-25(20-18-24)28-26-12-7-8-21-27-26/h5,10,17-20,22-23,26H,2-4,6-9,11-16,21H2,1H3. The van der Waals surface area contributed by atoms with E-state index in [1.54, 1.807) is 0 Å². The topological polar surface area (TPSA) is 18.5 Å². The number of ether oxygens (including phenoxy) is 2. The lowest BCUT2D eigenvalue weighted by molar-refractivity contribution is -0.105. The van der Waals surface area contributed by atoms with E-state index in [1.165, 1.54) is 63.4 Å². The molecule has 1 unspecified atom stereocenters. The Balaban J connectivity index is 1.30. The van der Waals surface area contributed by atoms with Crippen molar-refractivity contribution in [3.05, 3.63) is 42.0 Å². The molecule has 0 aromatic heterocycles. The first-order valence-corrected chi connectivity index (χ1v) is 11.9. The van der Waals surface area contributed by atoms with E-state index in [0.29, 0.717) is 0 Å². The second kappa shape index (κ2) is 12.3. The molecule has 0 N–H and O–H groups in total. The highest BCUT2D eigenvalue weighted by atomic mass is 16.7. The number of hydrogen-bond donors (Lipinski definition) is 0. The Labute approximate surface area is 172 Å². The zero-order valence-electron chi connectivity index (χ0n) is 17.9. The Morgan fingerprint density at radius 1 is 1.00 bits per heavy atom. The molecule has 2 nitrogen and oxygen atoms in total. The van der Waals surface area contributed by atoms with Crippen LogP contribution in [0.1, 0.15) is 89.5 Å². The Hall–Kier alpha value is -1.28. The maximum absolute atomic E-state index is 5.92. The lowest BCUT2D eigenvalue weighted by atomic mass is 9.79. The van der Waals surface area contributed by atoms with Gasteiger partial charge < -0.3 is 9.47 Å². The Morgan fingerprint density at radius 3 is 2.54 bits per heavy atom. The van der Waals surface area contributed by atoms with Gasteiger partial charge in [-0.05, 0) is 80.9 Å². The Bertz CT molecular complexity index is 548. The molecule has 2 heteroatoms. The molecular formula is C26H40O2. The first-order chi connectivity index (χ1) is 13.8. The highest BCUT2D eigenvalue weighted by Crippen LogP contribution is 2.32. The van der Waals surface area contributed by atoms with E-state index in [4.69, 9.17) is 9.47 Å². The summed E-state index contributed by atoms with van der Waals surface area (Å²) in [7, 11) is 0. The van der Waals surface area contributed by atoms with Gasteiger partial charge >= 0.3 is 0 Å². The van der Waals surface area contributed by atoms with E-state index in [0.717, 1.165) is 49.9 Å². The van der Waals surface area contributed by atoms with Crippen LogP contribution in [0.25, 0.3) is 0 Å². The molecule has 0 radical (unpaired) electrons. The van der Waals surface area contributed by atoms with Crippen LogP contribution >= 0.6 is 0 Å². The second-order valence-electron chi connectivity index (χ2n) is 8.80. The molecule has 3 rings (SSSR count). The first-order valence-electron chi connectivity index (χ1n) is 11.9. The molecule has 1 heterocycles. The average molecular weight is 385 g/mol. The van der Waals surface area contributed by atoms with Crippen LogP contribution in [0.15, 0.2) is 36.4 Å². The van der Waals surface area contributed by atoms with E-state index < -0.39 is 0 Å². The van der Waals surface area contributed by atoms with Crippen LogP contribution in [0.5, 0.6) is 5.75 Å². The second-order valence-corrected chi connectivity index (χ2v) is 8.80. The lowest BCUT2D eigenvalue weighted by Gasteiger charge is -2.26. The van der Waals surface area contributed by atoms with Crippen molar-refractivity contribution < 1.29 is 9.47 Å². The SMILES string of the molecule is CCCCCC1CCC(C=CCCc2ccc(OC3CCCCO3)cc2)CC1. The van der Waals surface area contributed by atoms with E-state index >= 15 is 0 Å². The third-order valence-corrected chi connectivity index (χ3v) is 6.44. The van der Waals surface area contributed by atoms with E-state index in [9.17, 15) is 0 Å². The predicted molar refractivity (Wildman–Crippen MR) is 118 cm³/mol. The quantitative estimate of drug-likeness (QED) is 0.308. The molecule has 2 fully saturated rings. The molecule has 156 valence electrons. The van der Waals surface area contributed by atoms with Crippen LogP contribution in [0, 0.1) is 11.8 Å². The molecule has 1 saturated carbocycles. The van der Waals surface area contributed by atoms with Crippen molar-refractivity contribution in [1.29, 1.82) is 0 Å². The van der Waals surface area contributed by atoms with E-state index in [-0.39, 0.29) is 6.29 Å². The first kappa shape index (κ1) is 21.4. The Morgan fingerprint density at radius 2 is 1.82 bits per heavy atom. The van der Waals surface area contributed by atoms with Gasteiger partial charge in [0.1, 0.15) is 5.75 Å². The molecule has 1 aliphatic carbocycles. The maximum Gasteiger partial charge on any atom is 0.199 e. The number of unbranched alkanes of at least 4 members (excludes halogenated alkanes) is 2. The zero-order valence-corrected chi connectivity index (χ0v) is 17.9. The summed E-state index contributed by atoms with van der Waals surface area (Å²) in [5.41, 5.74) is 1.39. The fourth-order valence-corrected chi connectivity index (χ4v) is 4.58. The smallest absolute Gasteiger partial charge is 0.199 e. The number of allylic oxidation sites excluding steroid dienone is 2. The monoisotopic (exact) mass is 384 g/mol. The van der Waals surface area contributed by atoms with Crippen LogP contribution in [-0.2, 0) is 11.2 Å². The largest absolute Gasteiger partial charge is 0.465 e. The minimum atomic E-state index is -0.0516. The van der Waals surface area contributed by atoms with E-state index in [1.807, 2.05) is 0 Å². The lowest BCUT2D eigenvalue weighted by Crippen LogP contribution is -2.24. The van der Waals surface area contributed by atoms with Crippen molar-refractivity contribution in [3.63, 3.8) is 0 Å². The summed E-state index contributed by atoms with van der Waals surface area (Å²) in [6, 6.07) is 8.59. The normalized spacial score (nSPS) is 25.8. The fraction of sp³-hybridized carbons (Fsp3) is 0.692. The fourth-order valence-electron chi connectivity index (χ4n) is 4.58. The molecule has 28 heavy (non-hydrogen) atoms. The summed E-state index contributed by atoms with van der Waals surface area (Å²) in [5, 5.41) is 0. The van der Waals surface area contributed by atoms with Gasteiger partial charge in [-0.15, -0.1) is 0 Å². The molecule has 2 aliphatic rings. The van der Waals surface area contributed by atoms with Crippen molar-refractivity contribution >= 4 is 0 Å². The minimum Gasteiger partial charge on any atom is -0.465 e. The highest BCUT2D eigenvalue weighted by molar-refractivity contribution is 5.27. The zero-order chi connectivity index (χ0) is 19.4. The van der Waals surface area contributed by atoms with Crippen LogP contribution in [0.3, 0.4) is 0 Å². The summed E-state index contributed by atoms with van der Waals surface area (Å²) >= 11 is 0. The van der Waals surface area contributed by atoms with Gasteiger partial charge in [0.25, 0.3) is 0 Å². The molecule has 0 amide bonds. The molecule has 1 aliphatic heterocycles. The average Bonchev–Trinajstić information content (AvgIpc) is 2.74. The van der Waals surface area contributed by atoms with Gasteiger partial charge in [-0.1, -0.05) is 56.9 Å². The summed E-state index contributed by atoms with van der Waals surface area (Å²) in [6.45, 7) is 3.13. The van der Waals surface area contributed by atoms with Crippen molar-refractivity contribution in [2.75, 3.05) is 6.61 Å². The molecule has 0 spiro atoms. The Kier molecular flexibility index (Phi) is 9.43. The predicted octanol–water partition coefficient (Wildman–Crippen LogP) is 7.47. The molecule has 1 saturated heterocycles. The van der Waals surface area contributed by atoms with Gasteiger partial charge in [0.2, 0.25) is 0 Å². The summed E-state index contributed by atoms with van der Waals surface area (Å²) < 4.78 is 11.6. The molecule has 0 bridgehead atoms. The molecular weight excluding hydrogens is 344 g/mol. The number of hydrogen-bond acceptors (Lipinski definition) is 2. The summed E-state index contributed by atoms with van der Waals surface area (Å²) in [5.74, 6) is 2.77. The highest BCUT2D eigenvalue weighted by Gasteiger charge is 2.18. The molecule has 1 aromatic rings. The van der Waals surface area contributed by atoms with Crippen LogP contribution in [0.4, 0.5) is 0 Å². The van der Waals surface area contributed by atoms with Crippen molar-refractivity contribution in [2.24, 2.45) is 11.8 Å². The summed E-state index contributed by atoms with van der Waals surface area (Å²) in [4.78, 5) is 0. The van der Waals surface area contributed by atoms with Crippen LogP contribution in [-0.4, -0.2) is 12.9 Å². The number of rotatable bonds is 10. The number of aryl methyl sites for hydroxylation is 1. The van der Waals surface area contributed by atoms with Gasteiger partial charge in [-0.3, -0.25) is 0 Å². The maximum atomic E-state index is 5.92. The van der Waals surface area contributed by atoms with Gasteiger partial charge in [-0.2, -0.15) is 0 Å². The van der Waals surface area contributed by atoms with Crippen LogP contribution in [0.2, 0.25) is 0 Å². The minimum absolute atomic E-state index is 0.0516. The molecule has 1 atom stereocenters. The van der Waals surface area contributed by atoms with Crippen molar-refractivity contribution in [3.8, 4) is 5.75 Å². The van der Waals surface area contributed by atoms with Crippen LogP contribution < -0.4 is 4.74 Å². The van der Waals surface area contributed by atoms with Gasteiger partial charge in [-0.25, -0.2) is 0 Å². The molecule has 1 aromatic carbocycles. The van der Waals surface area contributed by atoms with E-state index in [2.05, 4.69) is 43.3 Å². The third kappa shape index (κ3) is 7.62. The van der Waals surface area contributed by atoms with Gasteiger partial charge in [0.15, 0.2) is 6.29 Å². The summed E-state index contributed by atoms with van der Waals surface area (Å²) in [6.07, 6.45) is 21.9. The number of benzene rings is 1. The van der Waals surface area contributed by atoms with Gasteiger partial charge in [0, 0.05) is 6.42 Å². The van der Waals surface area contributed by atoms with Crippen molar-refractivity contribution in [1.82, 2.24) is 0 Å². The van der Waals surface area contributed by atoms with Gasteiger partial charge in [0.05, 0.1) is 6.61 Å². The third-order valence-electron chi connectivity index (χ3n) is 6.44.